The predicted octanol–water partition coefficient (Wildman–Crippen LogP) is 1.40. The molecule has 1 unspecified atom stereocenters. The van der Waals surface area contributed by atoms with E-state index >= 15 is 0 Å². The molecule has 6 heteroatoms. The normalized spacial score (nSPS) is 12.3. The quantitative estimate of drug-likeness (QED) is 0.866. The van der Waals surface area contributed by atoms with Gasteiger partial charge in [-0.05, 0) is 13.0 Å². The highest BCUT2D eigenvalue weighted by Gasteiger charge is 2.08. The molecule has 0 aliphatic heterocycles. The number of rotatable bonds is 6. The largest absolute Gasteiger partial charge is 0.383 e. The summed E-state index contributed by atoms with van der Waals surface area (Å²) in [5.74, 6) is 0. The molecule has 0 saturated carbocycles. The van der Waals surface area contributed by atoms with E-state index in [1.54, 1.807) is 28.5 Å². The summed E-state index contributed by atoms with van der Waals surface area (Å²) < 4.78 is 8.41. The van der Waals surface area contributed by atoms with Gasteiger partial charge in [-0.15, -0.1) is 0 Å². The molecule has 1 atom stereocenters. The number of methoxy groups -OCH3 is 1. The van der Waals surface area contributed by atoms with Gasteiger partial charge in [-0.2, -0.15) is 5.10 Å². The van der Waals surface area contributed by atoms with Crippen molar-refractivity contribution in [1.29, 1.82) is 0 Å². The van der Waals surface area contributed by atoms with Crippen molar-refractivity contribution in [1.82, 2.24) is 14.3 Å². The van der Waals surface area contributed by atoms with Crippen molar-refractivity contribution in [3.63, 3.8) is 0 Å². The van der Waals surface area contributed by atoms with Crippen molar-refractivity contribution in [2.24, 2.45) is 7.05 Å². The predicted molar refractivity (Wildman–Crippen MR) is 77.8 cm³/mol. The van der Waals surface area contributed by atoms with Crippen molar-refractivity contribution < 1.29 is 4.74 Å². The maximum atomic E-state index is 11.7. The summed E-state index contributed by atoms with van der Waals surface area (Å²) >= 11 is 0. The molecule has 2 heterocycles. The van der Waals surface area contributed by atoms with Crippen molar-refractivity contribution in [3.8, 4) is 0 Å². The van der Waals surface area contributed by atoms with E-state index in [0.717, 1.165) is 11.3 Å². The molecule has 0 saturated heterocycles. The van der Waals surface area contributed by atoms with Crippen LogP contribution in [0, 0.1) is 0 Å². The lowest BCUT2D eigenvalue weighted by Gasteiger charge is -2.15. The number of nitrogens with one attached hydrogen (secondary N) is 1. The van der Waals surface area contributed by atoms with Crippen LogP contribution in [0.15, 0.2) is 35.5 Å². The molecule has 2 aromatic heterocycles. The Balaban J connectivity index is 2.11. The van der Waals surface area contributed by atoms with Crippen molar-refractivity contribution >= 4 is 5.69 Å². The Kier molecular flexibility index (Phi) is 4.57. The first-order chi connectivity index (χ1) is 9.60. The van der Waals surface area contributed by atoms with Crippen molar-refractivity contribution in [2.75, 3.05) is 19.0 Å². The number of nitrogens with zero attached hydrogens (tertiary/aromatic N) is 3. The highest BCUT2D eigenvalue weighted by molar-refractivity contribution is 5.42. The molecule has 0 aliphatic carbocycles. The van der Waals surface area contributed by atoms with Crippen molar-refractivity contribution in [2.45, 2.75) is 19.5 Å². The Morgan fingerprint density at radius 2 is 2.20 bits per heavy atom. The number of aromatic nitrogens is 3. The highest BCUT2D eigenvalue weighted by atomic mass is 16.5. The summed E-state index contributed by atoms with van der Waals surface area (Å²) in [5.41, 5.74) is 1.97. The Morgan fingerprint density at radius 1 is 1.40 bits per heavy atom. The maximum Gasteiger partial charge on any atom is 0.250 e. The summed E-state index contributed by atoms with van der Waals surface area (Å²) in [4.78, 5) is 11.7. The average molecular weight is 276 g/mol. The molecule has 0 fully saturated rings. The third-order valence-electron chi connectivity index (χ3n) is 3.13. The summed E-state index contributed by atoms with van der Waals surface area (Å²) in [6, 6.07) is 3.48. The van der Waals surface area contributed by atoms with Gasteiger partial charge in [-0.25, -0.2) is 0 Å². The van der Waals surface area contributed by atoms with Gasteiger partial charge in [0.1, 0.15) is 0 Å². The van der Waals surface area contributed by atoms with Crippen molar-refractivity contribution in [3.05, 3.63) is 46.6 Å². The highest BCUT2D eigenvalue weighted by Crippen LogP contribution is 2.17. The van der Waals surface area contributed by atoms with Crippen LogP contribution >= 0.6 is 0 Å². The number of ether oxygens (including phenoxy) is 1. The van der Waals surface area contributed by atoms with Gasteiger partial charge in [-0.1, -0.05) is 0 Å². The first-order valence-electron chi connectivity index (χ1n) is 6.54. The molecule has 0 amide bonds. The number of hydrogen-bond donors (Lipinski definition) is 1. The van der Waals surface area contributed by atoms with Gasteiger partial charge in [0, 0.05) is 44.7 Å². The third-order valence-corrected chi connectivity index (χ3v) is 3.13. The van der Waals surface area contributed by atoms with E-state index in [2.05, 4.69) is 17.3 Å². The topological polar surface area (TPSA) is 61.1 Å². The second-order valence-corrected chi connectivity index (χ2v) is 4.76. The molecule has 20 heavy (non-hydrogen) atoms. The summed E-state index contributed by atoms with van der Waals surface area (Å²) in [5, 5.41) is 7.52. The van der Waals surface area contributed by atoms with Gasteiger partial charge in [0.05, 0.1) is 24.5 Å². The van der Waals surface area contributed by atoms with Crippen LogP contribution in [-0.2, 0) is 18.3 Å². The molecule has 6 nitrogen and oxygen atoms in total. The van der Waals surface area contributed by atoms with Crippen LogP contribution in [0.5, 0.6) is 0 Å². The van der Waals surface area contributed by atoms with Crippen LogP contribution in [0.2, 0.25) is 0 Å². The molecule has 2 aromatic rings. The second-order valence-electron chi connectivity index (χ2n) is 4.76. The minimum atomic E-state index is -0.0263. The maximum absolute atomic E-state index is 11.7. The van der Waals surface area contributed by atoms with Crippen LogP contribution in [-0.4, -0.2) is 28.1 Å². The molecule has 0 radical (unpaired) electrons. The molecular formula is C14H20N4O2. The Labute approximate surface area is 118 Å². The van der Waals surface area contributed by atoms with E-state index in [1.807, 2.05) is 25.6 Å². The molecule has 0 aromatic carbocycles. The smallest absolute Gasteiger partial charge is 0.250 e. The Bertz CT molecular complexity index is 618. The van der Waals surface area contributed by atoms with Gasteiger partial charge in [0.25, 0.3) is 5.56 Å². The fourth-order valence-electron chi connectivity index (χ4n) is 1.98. The standard InChI is InChI=1S/C14H20N4O2/c1-11(12-8-15-17(2)9-12)16-13-4-5-14(19)18(10-13)6-7-20-3/h4-5,8-11,16H,6-7H2,1-3H3. The lowest BCUT2D eigenvalue weighted by Crippen LogP contribution is -2.21. The monoisotopic (exact) mass is 276 g/mol. The van der Waals surface area contributed by atoms with E-state index in [4.69, 9.17) is 4.74 Å². The molecular weight excluding hydrogens is 256 g/mol. The first-order valence-corrected chi connectivity index (χ1v) is 6.54. The number of anilines is 1. The SMILES string of the molecule is COCCn1cc(NC(C)c2cnn(C)c2)ccc1=O. The van der Waals surface area contributed by atoms with Gasteiger partial charge in [-0.3, -0.25) is 9.48 Å². The lowest BCUT2D eigenvalue weighted by atomic mass is 10.2. The zero-order valence-corrected chi connectivity index (χ0v) is 12.0. The van der Waals surface area contributed by atoms with Gasteiger partial charge < -0.3 is 14.6 Å². The van der Waals surface area contributed by atoms with Crippen LogP contribution in [0.3, 0.4) is 0 Å². The van der Waals surface area contributed by atoms with E-state index in [0.29, 0.717) is 13.2 Å². The fraction of sp³-hybridized carbons (Fsp3) is 0.429. The molecule has 0 spiro atoms. The van der Waals surface area contributed by atoms with Crippen LogP contribution in [0.1, 0.15) is 18.5 Å². The number of hydrogen-bond acceptors (Lipinski definition) is 4. The van der Waals surface area contributed by atoms with Gasteiger partial charge >= 0.3 is 0 Å². The Hall–Kier alpha value is -2.08. The first kappa shape index (κ1) is 14.3. The molecule has 108 valence electrons. The number of pyridine rings is 1. The third kappa shape index (κ3) is 3.48. The number of aryl methyl sites for hydroxylation is 1. The Morgan fingerprint density at radius 3 is 2.85 bits per heavy atom. The summed E-state index contributed by atoms with van der Waals surface area (Å²) in [6.45, 7) is 3.12. The summed E-state index contributed by atoms with van der Waals surface area (Å²) in [6.07, 6.45) is 5.62. The minimum Gasteiger partial charge on any atom is -0.383 e. The van der Waals surface area contributed by atoms with E-state index < -0.39 is 0 Å². The lowest BCUT2D eigenvalue weighted by molar-refractivity contribution is 0.186. The van der Waals surface area contributed by atoms with Crippen LogP contribution < -0.4 is 10.9 Å². The molecule has 1 N–H and O–H groups in total. The van der Waals surface area contributed by atoms with E-state index in [1.165, 1.54) is 0 Å². The zero-order valence-electron chi connectivity index (χ0n) is 12.0. The van der Waals surface area contributed by atoms with E-state index in [-0.39, 0.29) is 11.6 Å². The van der Waals surface area contributed by atoms with Crippen LogP contribution in [0.4, 0.5) is 5.69 Å². The molecule has 0 bridgehead atoms. The van der Waals surface area contributed by atoms with E-state index in [9.17, 15) is 4.79 Å². The van der Waals surface area contributed by atoms with Gasteiger partial charge in [0.15, 0.2) is 0 Å². The molecule has 2 rings (SSSR count). The molecule has 0 aliphatic rings. The fourth-order valence-corrected chi connectivity index (χ4v) is 1.98. The minimum absolute atomic E-state index is 0.0263. The summed E-state index contributed by atoms with van der Waals surface area (Å²) in [7, 11) is 3.51. The zero-order chi connectivity index (χ0) is 14.5. The van der Waals surface area contributed by atoms with Crippen LogP contribution in [0.25, 0.3) is 0 Å². The average Bonchev–Trinajstić information content (AvgIpc) is 2.86. The second kappa shape index (κ2) is 6.38. The van der Waals surface area contributed by atoms with Gasteiger partial charge in [0.2, 0.25) is 0 Å².